The Balaban J connectivity index is 1.79. The molecule has 0 N–H and O–H groups in total. The van der Waals surface area contributed by atoms with Crippen molar-refractivity contribution in [3.63, 3.8) is 0 Å². The minimum atomic E-state index is -0.496. The smallest absolute Gasteiger partial charge is 0.410 e. The topological polar surface area (TPSA) is 77.0 Å². The predicted molar refractivity (Wildman–Crippen MR) is 117 cm³/mol. The Bertz CT molecular complexity index is 873. The summed E-state index contributed by atoms with van der Waals surface area (Å²) in [6.07, 6.45) is 3.33. The lowest BCUT2D eigenvalue weighted by atomic mass is 10.2. The fourth-order valence-electron chi connectivity index (χ4n) is 3.33. The Morgan fingerprint density at radius 2 is 1.83 bits per heavy atom. The lowest BCUT2D eigenvalue weighted by molar-refractivity contribution is 0.0240. The first-order valence-electron chi connectivity index (χ1n) is 10.5. The molecule has 0 saturated carbocycles. The van der Waals surface area contributed by atoms with E-state index < -0.39 is 5.60 Å². The van der Waals surface area contributed by atoms with Gasteiger partial charge < -0.3 is 24.0 Å². The third-order valence-electron chi connectivity index (χ3n) is 4.89. The van der Waals surface area contributed by atoms with E-state index in [0.717, 1.165) is 29.6 Å². The maximum Gasteiger partial charge on any atom is 0.410 e. The van der Waals surface area contributed by atoms with Gasteiger partial charge in [-0.15, -0.1) is 0 Å². The highest BCUT2D eigenvalue weighted by Gasteiger charge is 2.27. The quantitative estimate of drug-likeness (QED) is 0.662. The molecule has 1 aliphatic heterocycles. The van der Waals surface area contributed by atoms with Gasteiger partial charge in [0, 0.05) is 37.6 Å². The van der Waals surface area contributed by atoms with Crippen molar-refractivity contribution < 1.29 is 19.0 Å². The van der Waals surface area contributed by atoms with Crippen molar-refractivity contribution in [3.05, 3.63) is 18.5 Å². The molecule has 0 spiro atoms. The Kier molecular flexibility index (Phi) is 6.84. The number of benzene rings is 1. The Morgan fingerprint density at radius 3 is 2.47 bits per heavy atom. The summed E-state index contributed by atoms with van der Waals surface area (Å²) in [7, 11) is 1.63. The van der Waals surface area contributed by atoms with Crippen LogP contribution in [0.5, 0.6) is 11.5 Å². The summed E-state index contributed by atoms with van der Waals surface area (Å²) in [4.78, 5) is 25.2. The summed E-state index contributed by atoms with van der Waals surface area (Å²) in [5.74, 6) is 2.20. The third-order valence-corrected chi connectivity index (χ3v) is 4.89. The number of nitrogens with zero attached hydrogens (tertiary/aromatic N) is 4. The molecule has 0 aliphatic carbocycles. The molecule has 8 heteroatoms. The van der Waals surface area contributed by atoms with Gasteiger partial charge in [-0.3, -0.25) is 0 Å². The molecule has 1 aromatic heterocycles. The van der Waals surface area contributed by atoms with Crippen LogP contribution >= 0.6 is 0 Å². The number of aromatic nitrogens is 2. The molecule has 1 aliphatic rings. The number of carbonyl (C=O) groups excluding carboxylic acids is 1. The van der Waals surface area contributed by atoms with Crippen molar-refractivity contribution in [2.75, 3.05) is 44.8 Å². The first-order valence-corrected chi connectivity index (χ1v) is 10.5. The standard InChI is InChI=1S/C22H32N4O4/c1-6-7-12-29-19-13-16-17(14-18(19)28-5)23-15-24-20(16)25-8-10-26(11-9-25)21(27)30-22(2,3)4/h13-15H,6-12H2,1-5H3. The van der Waals surface area contributed by atoms with E-state index in [9.17, 15) is 4.79 Å². The van der Waals surface area contributed by atoms with E-state index in [2.05, 4.69) is 21.8 Å². The van der Waals surface area contributed by atoms with Crippen LogP contribution in [0, 0.1) is 0 Å². The van der Waals surface area contributed by atoms with Gasteiger partial charge in [-0.2, -0.15) is 0 Å². The molecule has 2 heterocycles. The van der Waals surface area contributed by atoms with Crippen LogP contribution in [-0.4, -0.2) is 66.5 Å². The average Bonchev–Trinajstić information content (AvgIpc) is 2.72. The van der Waals surface area contributed by atoms with Gasteiger partial charge in [0.25, 0.3) is 0 Å². The molecule has 0 unspecified atom stereocenters. The van der Waals surface area contributed by atoms with E-state index in [4.69, 9.17) is 14.2 Å². The van der Waals surface area contributed by atoms with Crippen molar-refractivity contribution in [2.24, 2.45) is 0 Å². The first-order chi connectivity index (χ1) is 14.3. The third kappa shape index (κ3) is 5.23. The lowest BCUT2D eigenvalue weighted by Crippen LogP contribution is -2.50. The van der Waals surface area contributed by atoms with Crippen molar-refractivity contribution in [1.82, 2.24) is 14.9 Å². The van der Waals surface area contributed by atoms with Crippen LogP contribution in [0.3, 0.4) is 0 Å². The zero-order valence-electron chi connectivity index (χ0n) is 18.6. The van der Waals surface area contributed by atoms with Gasteiger partial charge >= 0.3 is 6.09 Å². The number of ether oxygens (including phenoxy) is 3. The molecule has 3 rings (SSSR count). The molecule has 1 aromatic carbocycles. The zero-order valence-corrected chi connectivity index (χ0v) is 18.6. The van der Waals surface area contributed by atoms with Crippen LogP contribution in [0.4, 0.5) is 10.6 Å². The number of rotatable bonds is 6. The molecule has 0 atom stereocenters. The van der Waals surface area contributed by atoms with Crippen molar-refractivity contribution in [3.8, 4) is 11.5 Å². The molecule has 30 heavy (non-hydrogen) atoms. The van der Waals surface area contributed by atoms with E-state index >= 15 is 0 Å². The van der Waals surface area contributed by atoms with E-state index in [1.54, 1.807) is 18.3 Å². The normalized spacial score (nSPS) is 14.7. The number of fused-ring (bicyclic) bond motifs is 1. The van der Waals surface area contributed by atoms with Gasteiger partial charge in [-0.25, -0.2) is 14.8 Å². The number of carbonyl (C=O) groups is 1. The Morgan fingerprint density at radius 1 is 1.10 bits per heavy atom. The lowest BCUT2D eigenvalue weighted by Gasteiger charge is -2.36. The van der Waals surface area contributed by atoms with Crippen LogP contribution in [0.2, 0.25) is 0 Å². The number of hydrogen-bond acceptors (Lipinski definition) is 7. The van der Waals surface area contributed by atoms with E-state index in [1.807, 2.05) is 32.9 Å². The van der Waals surface area contributed by atoms with Gasteiger partial charge in [-0.1, -0.05) is 13.3 Å². The largest absolute Gasteiger partial charge is 0.493 e. The summed E-state index contributed by atoms with van der Waals surface area (Å²) in [5, 5.41) is 0.913. The predicted octanol–water partition coefficient (Wildman–Crippen LogP) is 3.87. The maximum absolute atomic E-state index is 12.3. The van der Waals surface area contributed by atoms with Crippen molar-refractivity contribution >= 4 is 22.8 Å². The number of anilines is 1. The molecule has 2 aromatic rings. The molecule has 0 radical (unpaired) electrons. The van der Waals surface area contributed by atoms with Crippen LogP contribution in [0.15, 0.2) is 18.5 Å². The molecule has 8 nitrogen and oxygen atoms in total. The fourth-order valence-corrected chi connectivity index (χ4v) is 3.33. The summed E-state index contributed by atoms with van der Waals surface area (Å²) < 4.78 is 16.9. The monoisotopic (exact) mass is 416 g/mol. The molecule has 1 saturated heterocycles. The van der Waals surface area contributed by atoms with Gasteiger partial charge in [0.1, 0.15) is 17.7 Å². The van der Waals surface area contributed by atoms with Gasteiger partial charge in [-0.05, 0) is 33.3 Å². The Labute approximate surface area is 178 Å². The molecule has 1 fully saturated rings. The molecule has 0 bridgehead atoms. The zero-order chi connectivity index (χ0) is 21.7. The van der Waals surface area contributed by atoms with Gasteiger partial charge in [0.2, 0.25) is 0 Å². The fraction of sp³-hybridized carbons (Fsp3) is 0.591. The SMILES string of the molecule is CCCCOc1cc2c(N3CCN(C(=O)OC(C)(C)C)CC3)ncnc2cc1OC. The highest BCUT2D eigenvalue weighted by Crippen LogP contribution is 2.35. The summed E-state index contributed by atoms with van der Waals surface area (Å²) in [6, 6.07) is 3.85. The first kappa shape index (κ1) is 21.9. The summed E-state index contributed by atoms with van der Waals surface area (Å²) >= 11 is 0. The molecular weight excluding hydrogens is 384 g/mol. The van der Waals surface area contributed by atoms with Gasteiger partial charge in [0.15, 0.2) is 11.5 Å². The average molecular weight is 417 g/mol. The maximum atomic E-state index is 12.3. The number of piperazine rings is 1. The second-order valence-corrected chi connectivity index (χ2v) is 8.37. The second-order valence-electron chi connectivity index (χ2n) is 8.37. The number of unbranched alkanes of at least 4 members (excludes halogenated alkanes) is 1. The highest BCUT2D eigenvalue weighted by atomic mass is 16.6. The molecule has 164 valence electrons. The van der Waals surface area contributed by atoms with Crippen molar-refractivity contribution in [2.45, 2.75) is 46.1 Å². The number of amides is 1. The van der Waals surface area contributed by atoms with E-state index in [0.29, 0.717) is 44.3 Å². The van der Waals surface area contributed by atoms with Crippen LogP contribution in [0.25, 0.3) is 10.9 Å². The highest BCUT2D eigenvalue weighted by molar-refractivity contribution is 5.92. The number of hydrogen-bond donors (Lipinski definition) is 0. The Hall–Kier alpha value is -2.77. The summed E-state index contributed by atoms with van der Waals surface area (Å²) in [5.41, 5.74) is 0.305. The molecular formula is C22H32N4O4. The van der Waals surface area contributed by atoms with E-state index in [1.165, 1.54) is 0 Å². The van der Waals surface area contributed by atoms with Crippen LogP contribution < -0.4 is 14.4 Å². The van der Waals surface area contributed by atoms with Crippen LogP contribution in [-0.2, 0) is 4.74 Å². The minimum Gasteiger partial charge on any atom is -0.493 e. The van der Waals surface area contributed by atoms with E-state index in [-0.39, 0.29) is 6.09 Å². The summed E-state index contributed by atoms with van der Waals surface area (Å²) in [6.45, 7) is 10.9. The van der Waals surface area contributed by atoms with Gasteiger partial charge in [0.05, 0.1) is 19.2 Å². The van der Waals surface area contributed by atoms with Crippen LogP contribution in [0.1, 0.15) is 40.5 Å². The number of methoxy groups -OCH3 is 1. The molecule has 1 amide bonds. The second kappa shape index (κ2) is 9.36. The minimum absolute atomic E-state index is 0.272. The van der Waals surface area contributed by atoms with Crippen molar-refractivity contribution in [1.29, 1.82) is 0 Å².